The lowest BCUT2D eigenvalue weighted by atomic mass is 9.96. The van der Waals surface area contributed by atoms with Crippen molar-refractivity contribution in [1.29, 1.82) is 0 Å². The number of anilines is 1. The average Bonchev–Trinajstić information content (AvgIpc) is 3.21. The van der Waals surface area contributed by atoms with Crippen molar-refractivity contribution in [2.75, 3.05) is 44.2 Å². The van der Waals surface area contributed by atoms with Crippen molar-refractivity contribution in [2.45, 2.75) is 19.4 Å². The zero-order valence-electron chi connectivity index (χ0n) is 15.0. The maximum absolute atomic E-state index is 13.0. The Morgan fingerprint density at radius 3 is 2.81 bits per heavy atom. The summed E-state index contributed by atoms with van der Waals surface area (Å²) in [5.74, 6) is 2.26. The van der Waals surface area contributed by atoms with Crippen LogP contribution in [0.5, 0.6) is 0 Å². The summed E-state index contributed by atoms with van der Waals surface area (Å²) in [6.45, 7) is 5.78. The number of piperazine rings is 1. The monoisotopic (exact) mass is 355 g/mol. The van der Waals surface area contributed by atoms with Crippen molar-refractivity contribution >= 4 is 11.7 Å². The fraction of sp³-hybridized carbons (Fsp3) is 0.526. The van der Waals surface area contributed by atoms with Crippen molar-refractivity contribution in [3.8, 4) is 0 Å². The number of piperidine rings is 1. The third-order valence-corrected chi connectivity index (χ3v) is 5.28. The number of carbonyl (C=O) groups excluding carboxylic acids is 1. The summed E-state index contributed by atoms with van der Waals surface area (Å²) in [4.78, 5) is 28.0. The molecule has 1 amide bonds. The molecule has 7 heteroatoms. The zero-order chi connectivity index (χ0) is 17.8. The van der Waals surface area contributed by atoms with E-state index in [1.54, 1.807) is 24.9 Å². The number of likely N-dealkylation sites (tertiary alicyclic amines) is 1. The fourth-order valence-corrected chi connectivity index (χ4v) is 3.89. The molecule has 0 bridgehead atoms. The van der Waals surface area contributed by atoms with Gasteiger partial charge in [-0.25, -0.2) is 4.98 Å². The van der Waals surface area contributed by atoms with Crippen LogP contribution in [0.1, 0.15) is 18.6 Å². The molecule has 2 aromatic rings. The van der Waals surface area contributed by atoms with Gasteiger partial charge in [0.1, 0.15) is 11.6 Å². The molecule has 2 fully saturated rings. The van der Waals surface area contributed by atoms with Gasteiger partial charge in [-0.3, -0.25) is 14.7 Å². The normalized spacial score (nSPS) is 21.8. The Hall–Kier alpha value is -2.41. The lowest BCUT2D eigenvalue weighted by Gasteiger charge is -2.39. The first-order valence-electron chi connectivity index (χ1n) is 9.34. The van der Waals surface area contributed by atoms with E-state index < -0.39 is 0 Å². The number of aromatic nitrogens is 2. The van der Waals surface area contributed by atoms with Crippen LogP contribution in [-0.4, -0.2) is 64.9 Å². The Morgan fingerprint density at radius 1 is 1.19 bits per heavy atom. The van der Waals surface area contributed by atoms with Gasteiger partial charge in [0.15, 0.2) is 0 Å². The van der Waals surface area contributed by atoms with Crippen LogP contribution in [0.25, 0.3) is 0 Å². The Labute approximate surface area is 153 Å². The molecule has 0 saturated carbocycles. The molecule has 2 aliphatic heterocycles. The summed E-state index contributed by atoms with van der Waals surface area (Å²) in [5, 5.41) is 0. The fourth-order valence-electron chi connectivity index (χ4n) is 3.89. The molecular weight excluding hydrogens is 330 g/mol. The summed E-state index contributed by atoms with van der Waals surface area (Å²) in [6.07, 6.45) is 8.93. The minimum absolute atomic E-state index is 0.0989. The van der Waals surface area contributed by atoms with E-state index in [1.165, 1.54) is 0 Å². The highest BCUT2D eigenvalue weighted by Gasteiger charge is 2.31. The number of amides is 1. The Bertz CT molecular complexity index is 698. The van der Waals surface area contributed by atoms with Crippen molar-refractivity contribution in [3.05, 3.63) is 42.7 Å². The maximum atomic E-state index is 13.0. The molecule has 0 aliphatic carbocycles. The van der Waals surface area contributed by atoms with Gasteiger partial charge in [-0.1, -0.05) is 0 Å². The summed E-state index contributed by atoms with van der Waals surface area (Å²) in [7, 11) is 0. The third kappa shape index (κ3) is 3.88. The number of rotatable bonds is 4. The molecule has 26 heavy (non-hydrogen) atoms. The SMILES string of the molecule is O=C(C1CCCN(Cc2ccco2)C1)N1CCN(c2cnccn2)CC1. The molecule has 4 rings (SSSR count). The molecule has 1 unspecified atom stereocenters. The number of carbonyl (C=O) groups is 1. The smallest absolute Gasteiger partial charge is 0.227 e. The van der Waals surface area contributed by atoms with Crippen LogP contribution in [0, 0.1) is 5.92 Å². The Balaban J connectivity index is 1.30. The largest absolute Gasteiger partial charge is 0.468 e. The molecular formula is C19H25N5O2. The Morgan fingerprint density at radius 2 is 2.08 bits per heavy atom. The summed E-state index contributed by atoms with van der Waals surface area (Å²) in [5.41, 5.74) is 0. The molecule has 2 saturated heterocycles. The Kier molecular flexibility index (Phi) is 5.15. The molecule has 0 aromatic carbocycles. The lowest BCUT2D eigenvalue weighted by molar-refractivity contribution is -0.137. The third-order valence-electron chi connectivity index (χ3n) is 5.28. The van der Waals surface area contributed by atoms with Crippen molar-refractivity contribution in [3.63, 3.8) is 0 Å². The lowest BCUT2D eigenvalue weighted by Crippen LogP contribution is -2.52. The predicted molar refractivity (Wildman–Crippen MR) is 97.5 cm³/mol. The number of nitrogens with zero attached hydrogens (tertiary/aromatic N) is 5. The van der Waals surface area contributed by atoms with Crippen LogP contribution in [-0.2, 0) is 11.3 Å². The summed E-state index contributed by atoms with van der Waals surface area (Å²) < 4.78 is 5.45. The summed E-state index contributed by atoms with van der Waals surface area (Å²) in [6, 6.07) is 3.91. The highest BCUT2D eigenvalue weighted by molar-refractivity contribution is 5.79. The topological polar surface area (TPSA) is 65.7 Å². The second kappa shape index (κ2) is 7.86. The van der Waals surface area contributed by atoms with E-state index in [9.17, 15) is 4.79 Å². The molecule has 138 valence electrons. The highest BCUT2D eigenvalue weighted by atomic mass is 16.3. The van der Waals surface area contributed by atoms with Crippen LogP contribution >= 0.6 is 0 Å². The van der Waals surface area contributed by atoms with Gasteiger partial charge >= 0.3 is 0 Å². The quantitative estimate of drug-likeness (QED) is 0.831. The molecule has 0 radical (unpaired) electrons. The van der Waals surface area contributed by atoms with E-state index in [0.29, 0.717) is 5.91 Å². The first-order chi connectivity index (χ1) is 12.8. The van der Waals surface area contributed by atoms with Gasteiger partial charge in [-0.05, 0) is 31.5 Å². The van der Waals surface area contributed by atoms with E-state index in [-0.39, 0.29) is 5.92 Å². The zero-order valence-corrected chi connectivity index (χ0v) is 15.0. The van der Waals surface area contributed by atoms with Crippen molar-refractivity contribution in [1.82, 2.24) is 19.8 Å². The predicted octanol–water partition coefficient (Wildman–Crippen LogP) is 1.63. The van der Waals surface area contributed by atoms with Crippen molar-refractivity contribution < 1.29 is 9.21 Å². The first-order valence-corrected chi connectivity index (χ1v) is 9.34. The standard InChI is InChI=1S/C19H25N5O2/c25-19(16-3-1-7-22(14-16)15-17-4-2-12-26-17)24-10-8-23(9-11-24)18-13-20-5-6-21-18/h2,4-6,12-13,16H,1,3,7-11,14-15H2. The highest BCUT2D eigenvalue weighted by Crippen LogP contribution is 2.22. The van der Waals surface area contributed by atoms with Crippen LogP contribution in [0.2, 0.25) is 0 Å². The average molecular weight is 355 g/mol. The van der Waals surface area contributed by atoms with E-state index >= 15 is 0 Å². The van der Waals surface area contributed by atoms with Crippen LogP contribution in [0.3, 0.4) is 0 Å². The molecule has 0 spiro atoms. The van der Waals surface area contributed by atoms with Gasteiger partial charge in [0, 0.05) is 45.1 Å². The van der Waals surface area contributed by atoms with Crippen LogP contribution < -0.4 is 4.90 Å². The van der Waals surface area contributed by atoms with Gasteiger partial charge in [-0.15, -0.1) is 0 Å². The second-order valence-electron chi connectivity index (χ2n) is 7.03. The number of furan rings is 1. The van der Waals surface area contributed by atoms with Gasteiger partial charge in [0.2, 0.25) is 5.91 Å². The molecule has 4 heterocycles. The van der Waals surface area contributed by atoms with Gasteiger partial charge in [0.05, 0.1) is 24.9 Å². The van der Waals surface area contributed by atoms with Crippen molar-refractivity contribution in [2.24, 2.45) is 5.92 Å². The van der Waals surface area contributed by atoms with Gasteiger partial charge < -0.3 is 14.2 Å². The molecule has 0 N–H and O–H groups in total. The van der Waals surface area contributed by atoms with Crippen LogP contribution in [0.4, 0.5) is 5.82 Å². The second-order valence-corrected chi connectivity index (χ2v) is 7.03. The molecule has 2 aromatic heterocycles. The van der Waals surface area contributed by atoms with Gasteiger partial charge in [-0.2, -0.15) is 0 Å². The summed E-state index contributed by atoms with van der Waals surface area (Å²) >= 11 is 0. The van der Waals surface area contributed by atoms with E-state index in [0.717, 1.165) is 70.2 Å². The van der Waals surface area contributed by atoms with Gasteiger partial charge in [0.25, 0.3) is 0 Å². The van der Waals surface area contributed by atoms with E-state index in [2.05, 4.69) is 19.8 Å². The molecule has 7 nitrogen and oxygen atoms in total. The number of hydrogen-bond donors (Lipinski definition) is 0. The molecule has 2 aliphatic rings. The van der Waals surface area contributed by atoms with E-state index in [4.69, 9.17) is 4.42 Å². The molecule has 1 atom stereocenters. The minimum Gasteiger partial charge on any atom is -0.468 e. The maximum Gasteiger partial charge on any atom is 0.227 e. The first kappa shape index (κ1) is 17.0. The van der Waals surface area contributed by atoms with E-state index in [1.807, 2.05) is 17.0 Å². The van der Waals surface area contributed by atoms with Crippen LogP contribution in [0.15, 0.2) is 41.4 Å². The number of hydrogen-bond acceptors (Lipinski definition) is 6. The minimum atomic E-state index is 0.0989.